The fourth-order valence-electron chi connectivity index (χ4n) is 4.28. The van der Waals surface area contributed by atoms with Crippen LogP contribution in [0.25, 0.3) is 0 Å². The molecule has 2 aromatic rings. The number of carbonyl (C=O) groups excluding carboxylic acids is 5. The zero-order chi connectivity index (χ0) is 36.6. The van der Waals surface area contributed by atoms with Crippen LogP contribution in [0.4, 0.5) is 15.3 Å². The highest BCUT2D eigenvalue weighted by atomic mass is 16.6. The van der Waals surface area contributed by atoms with Crippen molar-refractivity contribution in [2.75, 3.05) is 11.9 Å². The number of carboxylic acid groups (broad SMARTS) is 1. The Balaban J connectivity index is 1.99. The van der Waals surface area contributed by atoms with Crippen LogP contribution in [0, 0.1) is 0 Å². The Kier molecular flexibility index (Phi) is 15.5. The first-order chi connectivity index (χ1) is 22.9. The molecular weight excluding hydrogens is 636 g/mol. The standard InChI is InChI=1S/C35H48N4O10/c1-34(2,3)48-29(41)20-27(39-33(46)47-22-23-13-9-7-10-14-23)30(42)37-21-24-17-25(31(43)44)19-26(18-24)38-28(40)15-11-8-12-16-36-32(45)49-35(4,5)6/h7,9-10,13-14,17-19,27H,8,11-12,15-16,20-22H2,1-6H3,(H,36,45)(H,37,42)(H,38,40)(H,39,46)(H,43,44)/t27-/m0/s1. The minimum atomic E-state index is -1.36. The van der Waals surface area contributed by atoms with Gasteiger partial charge in [-0.15, -0.1) is 0 Å². The largest absolute Gasteiger partial charge is 0.478 e. The first kappa shape index (κ1) is 40.0. The van der Waals surface area contributed by atoms with Crippen molar-refractivity contribution >= 4 is 41.6 Å². The number of hydrogen-bond acceptors (Lipinski definition) is 9. The van der Waals surface area contributed by atoms with Crippen LogP contribution < -0.4 is 21.3 Å². The molecule has 14 nitrogen and oxygen atoms in total. The van der Waals surface area contributed by atoms with Crippen LogP contribution in [-0.4, -0.2) is 64.8 Å². The lowest BCUT2D eigenvalue weighted by atomic mass is 10.1. The zero-order valence-corrected chi connectivity index (χ0v) is 29.0. The van der Waals surface area contributed by atoms with Crippen LogP contribution >= 0.6 is 0 Å². The van der Waals surface area contributed by atoms with E-state index in [1.54, 1.807) is 65.8 Å². The van der Waals surface area contributed by atoms with Gasteiger partial charge in [0.1, 0.15) is 23.9 Å². The Bertz CT molecular complexity index is 1450. The van der Waals surface area contributed by atoms with Crippen LogP contribution in [0.15, 0.2) is 48.5 Å². The third-order valence-corrected chi connectivity index (χ3v) is 6.35. The molecule has 0 radical (unpaired) electrons. The molecule has 0 aliphatic rings. The molecule has 4 amide bonds. The van der Waals surface area contributed by atoms with Crippen molar-refractivity contribution in [2.45, 2.75) is 104 Å². The predicted octanol–water partition coefficient (Wildman–Crippen LogP) is 5.05. The van der Waals surface area contributed by atoms with Crippen molar-refractivity contribution < 1.29 is 48.1 Å². The van der Waals surface area contributed by atoms with Crippen molar-refractivity contribution in [1.82, 2.24) is 16.0 Å². The van der Waals surface area contributed by atoms with Gasteiger partial charge in [-0.3, -0.25) is 14.4 Å². The molecule has 0 aliphatic heterocycles. The number of esters is 1. The molecule has 1 atom stereocenters. The first-order valence-electron chi connectivity index (χ1n) is 16.0. The maximum atomic E-state index is 13.2. The topological polar surface area (TPSA) is 198 Å². The van der Waals surface area contributed by atoms with Gasteiger partial charge in [0.2, 0.25) is 11.8 Å². The molecule has 0 fully saturated rings. The van der Waals surface area contributed by atoms with E-state index in [0.29, 0.717) is 31.4 Å². The Morgan fingerprint density at radius 3 is 2.08 bits per heavy atom. The van der Waals surface area contributed by atoms with Gasteiger partial charge in [0.05, 0.1) is 12.0 Å². The molecule has 0 saturated heterocycles. The minimum absolute atomic E-state index is 0.0603. The van der Waals surface area contributed by atoms with Crippen molar-refractivity contribution in [3.8, 4) is 0 Å². The van der Waals surface area contributed by atoms with E-state index in [1.807, 2.05) is 6.07 Å². The third kappa shape index (κ3) is 17.5. The van der Waals surface area contributed by atoms with Crippen molar-refractivity contribution in [3.63, 3.8) is 0 Å². The molecule has 2 rings (SSSR count). The van der Waals surface area contributed by atoms with Gasteiger partial charge >= 0.3 is 24.1 Å². The fraction of sp³-hybridized carbons (Fsp3) is 0.486. The van der Waals surface area contributed by atoms with Crippen LogP contribution in [0.2, 0.25) is 0 Å². The summed E-state index contributed by atoms with van der Waals surface area (Å²) in [5, 5.41) is 20.0. The molecule has 49 heavy (non-hydrogen) atoms. The summed E-state index contributed by atoms with van der Waals surface area (Å²) in [6.07, 6.45) is 0.0680. The number of carbonyl (C=O) groups is 6. The third-order valence-electron chi connectivity index (χ3n) is 6.35. The molecule has 268 valence electrons. The molecule has 0 bridgehead atoms. The van der Waals surface area contributed by atoms with Crippen LogP contribution in [0.1, 0.15) is 95.1 Å². The van der Waals surface area contributed by atoms with Gasteiger partial charge in [0, 0.05) is 25.2 Å². The van der Waals surface area contributed by atoms with E-state index in [-0.39, 0.29) is 36.7 Å². The van der Waals surface area contributed by atoms with Gasteiger partial charge in [0.25, 0.3) is 0 Å². The van der Waals surface area contributed by atoms with E-state index >= 15 is 0 Å². The highest BCUT2D eigenvalue weighted by Crippen LogP contribution is 2.17. The first-order valence-corrected chi connectivity index (χ1v) is 16.0. The highest BCUT2D eigenvalue weighted by Gasteiger charge is 2.28. The second-order valence-corrected chi connectivity index (χ2v) is 13.3. The van der Waals surface area contributed by atoms with Gasteiger partial charge in [-0.05, 0) is 83.7 Å². The molecule has 5 N–H and O–H groups in total. The molecular formula is C35H48N4O10. The molecule has 0 unspecified atom stereocenters. The summed E-state index contributed by atoms with van der Waals surface area (Å²) in [5.41, 5.74) is -0.259. The van der Waals surface area contributed by atoms with Gasteiger partial charge < -0.3 is 40.6 Å². The summed E-state index contributed by atoms with van der Waals surface area (Å²) in [5.74, 6) is -3.05. The molecule has 2 aromatic carbocycles. The minimum Gasteiger partial charge on any atom is -0.478 e. The molecule has 0 aliphatic carbocycles. The van der Waals surface area contributed by atoms with Crippen LogP contribution in [-0.2, 0) is 41.7 Å². The number of amides is 4. The SMILES string of the molecule is CC(C)(C)OC(=O)C[C@H](NC(=O)OCc1ccccc1)C(=O)NCc1cc(NC(=O)CCCCCNC(=O)OC(C)(C)C)cc(C(=O)O)c1. The number of aromatic carboxylic acids is 1. The van der Waals surface area contributed by atoms with Crippen LogP contribution in [0.3, 0.4) is 0 Å². The average Bonchev–Trinajstić information content (AvgIpc) is 2.98. The maximum absolute atomic E-state index is 13.2. The molecule has 14 heteroatoms. The van der Waals surface area contributed by atoms with E-state index in [9.17, 15) is 33.9 Å². The molecule has 0 saturated carbocycles. The Morgan fingerprint density at radius 1 is 0.776 bits per heavy atom. The van der Waals surface area contributed by atoms with Crippen molar-refractivity contribution in [3.05, 3.63) is 65.2 Å². The normalized spacial score (nSPS) is 11.8. The number of carboxylic acids is 1. The number of hydrogen-bond donors (Lipinski definition) is 5. The van der Waals surface area contributed by atoms with E-state index in [2.05, 4.69) is 21.3 Å². The summed E-state index contributed by atoms with van der Waals surface area (Å²) in [7, 11) is 0. The van der Waals surface area contributed by atoms with Gasteiger partial charge in [-0.25, -0.2) is 14.4 Å². The van der Waals surface area contributed by atoms with Crippen molar-refractivity contribution in [1.29, 1.82) is 0 Å². The van der Waals surface area contributed by atoms with Crippen LogP contribution in [0.5, 0.6) is 0 Å². The second kappa shape index (κ2) is 19.0. The second-order valence-electron chi connectivity index (χ2n) is 13.3. The molecule has 0 heterocycles. The fourth-order valence-corrected chi connectivity index (χ4v) is 4.28. The molecule has 0 aromatic heterocycles. The Labute approximate surface area is 286 Å². The lowest BCUT2D eigenvalue weighted by Crippen LogP contribution is -2.48. The van der Waals surface area contributed by atoms with E-state index in [0.717, 1.165) is 5.56 Å². The predicted molar refractivity (Wildman–Crippen MR) is 181 cm³/mol. The summed E-state index contributed by atoms with van der Waals surface area (Å²) in [4.78, 5) is 74.4. The number of rotatable bonds is 16. The zero-order valence-electron chi connectivity index (χ0n) is 29.0. The number of nitrogens with one attached hydrogen (secondary N) is 4. The smallest absolute Gasteiger partial charge is 0.408 e. The van der Waals surface area contributed by atoms with Crippen molar-refractivity contribution in [2.24, 2.45) is 0 Å². The number of ether oxygens (including phenoxy) is 3. The number of anilines is 1. The number of unbranched alkanes of at least 4 members (excludes halogenated alkanes) is 2. The van der Waals surface area contributed by atoms with Gasteiger partial charge in [-0.2, -0.15) is 0 Å². The Morgan fingerprint density at radius 2 is 1.45 bits per heavy atom. The lowest BCUT2D eigenvalue weighted by molar-refractivity contribution is -0.156. The number of alkyl carbamates (subject to hydrolysis) is 2. The van der Waals surface area contributed by atoms with E-state index in [4.69, 9.17) is 14.2 Å². The monoisotopic (exact) mass is 684 g/mol. The van der Waals surface area contributed by atoms with Gasteiger partial charge in [0.15, 0.2) is 0 Å². The molecule has 0 spiro atoms. The average molecular weight is 685 g/mol. The summed E-state index contributed by atoms with van der Waals surface area (Å²) in [6, 6.07) is 11.7. The summed E-state index contributed by atoms with van der Waals surface area (Å²) >= 11 is 0. The summed E-state index contributed by atoms with van der Waals surface area (Å²) < 4.78 is 15.7. The highest BCUT2D eigenvalue weighted by molar-refractivity contribution is 5.94. The van der Waals surface area contributed by atoms with E-state index in [1.165, 1.54) is 18.2 Å². The Hall–Kier alpha value is -5.14. The quantitative estimate of drug-likeness (QED) is 0.0906. The number of benzene rings is 2. The maximum Gasteiger partial charge on any atom is 0.408 e. The summed E-state index contributed by atoms with van der Waals surface area (Å²) in [6.45, 7) is 10.5. The lowest BCUT2D eigenvalue weighted by Gasteiger charge is -2.22. The van der Waals surface area contributed by atoms with Gasteiger partial charge in [-0.1, -0.05) is 36.8 Å². The van der Waals surface area contributed by atoms with E-state index < -0.39 is 53.7 Å².